The summed E-state index contributed by atoms with van der Waals surface area (Å²) in [6.45, 7) is 7.03. The summed E-state index contributed by atoms with van der Waals surface area (Å²) in [4.78, 5) is 14.7. The van der Waals surface area contributed by atoms with Crippen LogP contribution in [0.3, 0.4) is 0 Å². The van der Waals surface area contributed by atoms with Gasteiger partial charge in [0.15, 0.2) is 11.0 Å². The van der Waals surface area contributed by atoms with Gasteiger partial charge >= 0.3 is 5.63 Å². The van der Waals surface area contributed by atoms with E-state index in [-0.39, 0.29) is 5.63 Å². The number of aryl methyl sites for hydroxylation is 2. The molecule has 1 aliphatic heterocycles. The van der Waals surface area contributed by atoms with Gasteiger partial charge in [-0.05, 0) is 68.6 Å². The highest BCUT2D eigenvalue weighted by Gasteiger charge is 2.19. The summed E-state index contributed by atoms with van der Waals surface area (Å²) in [5.41, 5.74) is 4.49. The average Bonchev–Trinajstić information content (AvgIpc) is 3.23. The lowest BCUT2D eigenvalue weighted by Crippen LogP contribution is -2.30. The number of nitrogens with zero attached hydrogens (tertiary/aromatic N) is 4. The van der Waals surface area contributed by atoms with Crippen molar-refractivity contribution in [3.05, 3.63) is 81.5 Å². The molecule has 1 aliphatic rings. The predicted octanol–water partition coefficient (Wildman–Crippen LogP) is 5.27. The number of aromatic nitrogens is 3. The van der Waals surface area contributed by atoms with Crippen LogP contribution in [0.15, 0.2) is 62.9 Å². The number of piperidine rings is 1. The summed E-state index contributed by atoms with van der Waals surface area (Å²) in [5, 5.41) is 10.9. The Kier molecular flexibility index (Phi) is 6.33. The Morgan fingerprint density at radius 1 is 1.00 bits per heavy atom. The Balaban J connectivity index is 1.48. The van der Waals surface area contributed by atoms with Gasteiger partial charge in [0.25, 0.3) is 0 Å². The van der Waals surface area contributed by atoms with Crippen molar-refractivity contribution in [3.8, 4) is 5.69 Å². The molecule has 1 fully saturated rings. The van der Waals surface area contributed by atoms with E-state index in [1.165, 1.54) is 19.3 Å². The molecule has 0 unspecified atom stereocenters. The SMILES string of the molecule is Cc1ccc2c(CSc3nnc(CN4CCCCC4)n3-c3ccccc3)cc(=O)oc2c1C. The lowest BCUT2D eigenvalue weighted by Gasteiger charge is -2.26. The molecule has 7 heteroatoms. The summed E-state index contributed by atoms with van der Waals surface area (Å²) < 4.78 is 7.70. The third-order valence-corrected chi connectivity index (χ3v) is 7.38. The van der Waals surface area contributed by atoms with Crippen LogP contribution in [-0.2, 0) is 12.3 Å². The van der Waals surface area contributed by atoms with Crippen LogP contribution in [-0.4, -0.2) is 32.8 Å². The first-order valence-corrected chi connectivity index (χ1v) is 12.5. The molecule has 0 bridgehead atoms. The van der Waals surface area contributed by atoms with Gasteiger partial charge in [-0.25, -0.2) is 4.79 Å². The zero-order chi connectivity index (χ0) is 22.8. The molecule has 0 saturated carbocycles. The van der Waals surface area contributed by atoms with Crippen LogP contribution in [0.2, 0.25) is 0 Å². The molecule has 170 valence electrons. The number of hydrogen-bond donors (Lipinski definition) is 0. The zero-order valence-corrected chi connectivity index (χ0v) is 19.9. The average molecular weight is 461 g/mol. The number of fused-ring (bicyclic) bond motifs is 1. The van der Waals surface area contributed by atoms with Gasteiger partial charge < -0.3 is 4.42 Å². The molecular formula is C26H28N4O2S. The Bertz CT molecular complexity index is 1320. The van der Waals surface area contributed by atoms with Crippen molar-refractivity contribution in [2.24, 2.45) is 0 Å². The summed E-state index contributed by atoms with van der Waals surface area (Å²) in [6, 6.07) is 16.0. The van der Waals surface area contributed by atoms with Gasteiger partial charge in [-0.15, -0.1) is 10.2 Å². The first kappa shape index (κ1) is 21.9. The quantitative estimate of drug-likeness (QED) is 0.289. The predicted molar refractivity (Wildman–Crippen MR) is 132 cm³/mol. The van der Waals surface area contributed by atoms with Crippen molar-refractivity contribution in [2.45, 2.75) is 50.6 Å². The minimum Gasteiger partial charge on any atom is -0.422 e. The monoisotopic (exact) mass is 460 g/mol. The Hall–Kier alpha value is -2.90. The second kappa shape index (κ2) is 9.53. The number of thioether (sulfide) groups is 1. The van der Waals surface area contributed by atoms with Crippen molar-refractivity contribution in [2.75, 3.05) is 13.1 Å². The molecule has 0 radical (unpaired) electrons. The van der Waals surface area contributed by atoms with Crippen molar-refractivity contribution in [3.63, 3.8) is 0 Å². The first-order chi connectivity index (χ1) is 16.1. The normalized spacial score (nSPS) is 14.7. The fourth-order valence-corrected chi connectivity index (χ4v) is 5.40. The van der Waals surface area contributed by atoms with E-state index in [9.17, 15) is 4.79 Å². The Morgan fingerprint density at radius 3 is 2.58 bits per heavy atom. The largest absolute Gasteiger partial charge is 0.422 e. The van der Waals surface area contributed by atoms with Crippen LogP contribution >= 0.6 is 11.8 Å². The molecular weight excluding hydrogens is 432 g/mol. The number of hydrogen-bond acceptors (Lipinski definition) is 6. The zero-order valence-electron chi connectivity index (χ0n) is 19.1. The Morgan fingerprint density at radius 2 is 1.79 bits per heavy atom. The smallest absolute Gasteiger partial charge is 0.336 e. The second-order valence-electron chi connectivity index (χ2n) is 8.67. The topological polar surface area (TPSA) is 64.2 Å². The van der Waals surface area contributed by atoms with E-state index in [4.69, 9.17) is 4.42 Å². The second-order valence-corrected chi connectivity index (χ2v) is 9.61. The van der Waals surface area contributed by atoms with Crippen molar-refractivity contribution in [1.29, 1.82) is 0 Å². The van der Waals surface area contributed by atoms with Crippen molar-refractivity contribution >= 4 is 22.7 Å². The van der Waals surface area contributed by atoms with E-state index in [0.717, 1.165) is 58.4 Å². The van der Waals surface area contributed by atoms with Crippen LogP contribution in [0.5, 0.6) is 0 Å². The molecule has 33 heavy (non-hydrogen) atoms. The molecule has 0 amide bonds. The minimum atomic E-state index is -0.317. The molecule has 5 rings (SSSR count). The van der Waals surface area contributed by atoms with Crippen molar-refractivity contribution in [1.82, 2.24) is 19.7 Å². The molecule has 6 nitrogen and oxygen atoms in total. The van der Waals surface area contributed by atoms with Gasteiger partial charge in [-0.1, -0.05) is 48.5 Å². The third-order valence-electron chi connectivity index (χ3n) is 6.40. The molecule has 0 atom stereocenters. The molecule has 3 heterocycles. The van der Waals surface area contributed by atoms with Crippen LogP contribution in [0.1, 0.15) is 41.8 Å². The summed E-state index contributed by atoms with van der Waals surface area (Å²) in [7, 11) is 0. The maximum Gasteiger partial charge on any atom is 0.336 e. The van der Waals surface area contributed by atoms with E-state index in [2.05, 4.69) is 37.9 Å². The first-order valence-electron chi connectivity index (χ1n) is 11.5. The molecule has 2 aromatic carbocycles. The standard InChI is InChI=1S/C26H28N4O2S/c1-18-11-12-22-20(15-24(31)32-25(22)19(18)2)17-33-26-28-27-23(16-29-13-7-4-8-14-29)30(26)21-9-5-3-6-10-21/h3,5-6,9-12,15H,4,7-8,13-14,16-17H2,1-2H3. The van der Waals surface area contributed by atoms with E-state index in [1.54, 1.807) is 17.8 Å². The van der Waals surface area contributed by atoms with Gasteiger partial charge in [0, 0.05) is 22.9 Å². The van der Waals surface area contributed by atoms with E-state index in [1.807, 2.05) is 38.1 Å². The molecule has 2 aromatic heterocycles. The maximum atomic E-state index is 12.3. The summed E-state index contributed by atoms with van der Waals surface area (Å²) >= 11 is 1.60. The number of para-hydroxylation sites is 1. The molecule has 0 N–H and O–H groups in total. The van der Waals surface area contributed by atoms with Crippen LogP contribution in [0.4, 0.5) is 0 Å². The molecule has 0 spiro atoms. The fourth-order valence-electron chi connectivity index (χ4n) is 4.44. The van der Waals surface area contributed by atoms with E-state index < -0.39 is 0 Å². The lowest BCUT2D eigenvalue weighted by atomic mass is 10.0. The highest BCUT2D eigenvalue weighted by Crippen LogP contribution is 2.30. The van der Waals surface area contributed by atoms with Gasteiger partial charge in [0.2, 0.25) is 0 Å². The van der Waals surface area contributed by atoms with Crippen LogP contribution in [0.25, 0.3) is 16.7 Å². The molecule has 1 saturated heterocycles. The fraction of sp³-hybridized carbons (Fsp3) is 0.346. The van der Waals surface area contributed by atoms with Gasteiger partial charge in [-0.3, -0.25) is 9.47 Å². The van der Waals surface area contributed by atoms with Crippen LogP contribution in [0, 0.1) is 13.8 Å². The number of rotatable bonds is 6. The van der Waals surface area contributed by atoms with E-state index >= 15 is 0 Å². The van der Waals surface area contributed by atoms with Gasteiger partial charge in [0.05, 0.1) is 6.54 Å². The lowest BCUT2D eigenvalue weighted by molar-refractivity contribution is 0.214. The van der Waals surface area contributed by atoms with Crippen molar-refractivity contribution < 1.29 is 4.42 Å². The number of likely N-dealkylation sites (tertiary alicyclic amines) is 1. The highest BCUT2D eigenvalue weighted by atomic mass is 32.2. The summed E-state index contributed by atoms with van der Waals surface area (Å²) in [6.07, 6.45) is 3.79. The Labute approximate surface area is 197 Å². The maximum absolute atomic E-state index is 12.3. The minimum absolute atomic E-state index is 0.317. The third kappa shape index (κ3) is 4.61. The van der Waals surface area contributed by atoms with Gasteiger partial charge in [-0.2, -0.15) is 0 Å². The van der Waals surface area contributed by atoms with E-state index in [0.29, 0.717) is 11.3 Å². The molecule has 4 aromatic rings. The highest BCUT2D eigenvalue weighted by molar-refractivity contribution is 7.98. The molecule has 0 aliphatic carbocycles. The van der Waals surface area contributed by atoms with Crippen LogP contribution < -0.4 is 5.63 Å². The summed E-state index contributed by atoms with van der Waals surface area (Å²) in [5.74, 6) is 1.56. The number of benzene rings is 2. The van der Waals surface area contributed by atoms with Gasteiger partial charge in [0.1, 0.15) is 5.58 Å².